The van der Waals surface area contributed by atoms with Crippen LogP contribution < -0.4 is 5.32 Å². The van der Waals surface area contributed by atoms with E-state index in [1.807, 2.05) is 0 Å². The van der Waals surface area contributed by atoms with E-state index < -0.39 is 11.8 Å². The van der Waals surface area contributed by atoms with Gasteiger partial charge in [0.05, 0.1) is 6.04 Å². The Labute approximate surface area is 130 Å². The number of amides is 1. The third-order valence-corrected chi connectivity index (χ3v) is 3.78. The summed E-state index contributed by atoms with van der Waals surface area (Å²) in [6.07, 6.45) is 0. The highest BCUT2D eigenvalue weighted by Gasteiger charge is 2.14. The van der Waals surface area contributed by atoms with Gasteiger partial charge in [-0.25, -0.2) is 4.39 Å². The maximum absolute atomic E-state index is 13.6. The van der Waals surface area contributed by atoms with Crippen LogP contribution in [-0.4, -0.2) is 11.7 Å². The van der Waals surface area contributed by atoms with Gasteiger partial charge in [-0.1, -0.05) is 30.0 Å². The molecule has 0 aliphatic carbocycles. The first-order valence-corrected chi connectivity index (χ1v) is 7.45. The molecule has 2 aromatic carbocycles. The highest BCUT2D eigenvalue weighted by Crippen LogP contribution is 2.25. The Balaban J connectivity index is 2.04. The van der Waals surface area contributed by atoms with Crippen LogP contribution in [0.15, 0.2) is 53.4 Å². The van der Waals surface area contributed by atoms with Gasteiger partial charge in [0, 0.05) is 16.0 Å². The molecule has 0 spiro atoms. The van der Waals surface area contributed by atoms with Gasteiger partial charge in [-0.3, -0.25) is 4.79 Å². The molecule has 2 rings (SSSR count). The van der Waals surface area contributed by atoms with Crippen molar-refractivity contribution in [1.82, 2.24) is 5.32 Å². The molecule has 0 fully saturated rings. The zero-order valence-electron chi connectivity index (χ0n) is 11.7. The van der Waals surface area contributed by atoms with E-state index in [9.17, 15) is 18.0 Å². The molecule has 6 heteroatoms. The molecule has 2 aromatic rings. The van der Waals surface area contributed by atoms with Gasteiger partial charge in [0.2, 0.25) is 0 Å². The summed E-state index contributed by atoms with van der Waals surface area (Å²) in [6.45, 7) is 1.68. The van der Waals surface area contributed by atoms with E-state index in [4.69, 9.17) is 0 Å². The van der Waals surface area contributed by atoms with Crippen molar-refractivity contribution in [2.75, 3.05) is 0 Å². The van der Waals surface area contributed by atoms with E-state index in [1.54, 1.807) is 25.1 Å². The van der Waals surface area contributed by atoms with Crippen LogP contribution in [-0.2, 0) is 0 Å². The van der Waals surface area contributed by atoms with Crippen molar-refractivity contribution in [2.45, 2.75) is 23.6 Å². The molecule has 0 aromatic heterocycles. The van der Waals surface area contributed by atoms with E-state index in [0.717, 1.165) is 0 Å². The Bertz CT molecular complexity index is 646. The minimum Gasteiger partial charge on any atom is -0.345 e. The second-order valence-electron chi connectivity index (χ2n) is 4.62. The van der Waals surface area contributed by atoms with Crippen molar-refractivity contribution in [3.05, 3.63) is 65.5 Å². The van der Waals surface area contributed by atoms with Crippen molar-refractivity contribution in [3.8, 4) is 0 Å². The fourth-order valence-corrected chi connectivity index (χ4v) is 2.47. The molecule has 1 unspecified atom stereocenters. The number of alkyl halides is 2. The molecule has 22 heavy (non-hydrogen) atoms. The van der Waals surface area contributed by atoms with Crippen molar-refractivity contribution in [3.63, 3.8) is 0 Å². The third kappa shape index (κ3) is 4.27. The van der Waals surface area contributed by atoms with Gasteiger partial charge in [-0.2, -0.15) is 8.78 Å². The number of nitrogens with one attached hydrogen (secondary N) is 1. The first-order valence-electron chi connectivity index (χ1n) is 6.57. The summed E-state index contributed by atoms with van der Waals surface area (Å²) >= 11 is 0.417. The number of rotatable bonds is 5. The largest absolute Gasteiger partial charge is 0.345 e. The molecule has 1 N–H and O–H groups in total. The summed E-state index contributed by atoms with van der Waals surface area (Å²) in [4.78, 5) is 12.5. The van der Waals surface area contributed by atoms with Crippen LogP contribution >= 0.6 is 11.8 Å². The van der Waals surface area contributed by atoms with Crippen LogP contribution in [0.25, 0.3) is 0 Å². The fourth-order valence-electron chi connectivity index (χ4n) is 1.97. The lowest BCUT2D eigenvalue weighted by atomic mass is 10.1. The number of halogens is 3. The average molecular weight is 325 g/mol. The number of hydrogen-bond acceptors (Lipinski definition) is 2. The van der Waals surface area contributed by atoms with Gasteiger partial charge in [0.1, 0.15) is 5.82 Å². The molecule has 0 bridgehead atoms. The van der Waals surface area contributed by atoms with E-state index in [2.05, 4.69) is 5.32 Å². The minimum absolute atomic E-state index is 0.335. The summed E-state index contributed by atoms with van der Waals surface area (Å²) in [5.74, 6) is -3.27. The lowest BCUT2D eigenvalue weighted by Crippen LogP contribution is -2.27. The van der Waals surface area contributed by atoms with Gasteiger partial charge in [-0.05, 0) is 37.3 Å². The summed E-state index contributed by atoms with van der Waals surface area (Å²) in [5, 5.41) is 2.68. The molecule has 116 valence electrons. The molecule has 0 saturated heterocycles. The van der Waals surface area contributed by atoms with Crippen LogP contribution in [0.2, 0.25) is 0 Å². The number of hydrogen-bond donors (Lipinski definition) is 1. The van der Waals surface area contributed by atoms with E-state index in [1.165, 1.54) is 30.3 Å². The van der Waals surface area contributed by atoms with Gasteiger partial charge in [0.15, 0.2) is 0 Å². The highest BCUT2D eigenvalue weighted by molar-refractivity contribution is 7.99. The molecule has 2 nitrogen and oxygen atoms in total. The van der Waals surface area contributed by atoms with Crippen molar-refractivity contribution >= 4 is 17.7 Å². The predicted octanol–water partition coefficient (Wildman–Crippen LogP) is 4.63. The maximum atomic E-state index is 13.6. The Morgan fingerprint density at radius 3 is 2.32 bits per heavy atom. The molecule has 1 atom stereocenters. The number of carbonyl (C=O) groups excluding carboxylic acids is 1. The average Bonchev–Trinajstić information content (AvgIpc) is 2.47. The standard InChI is InChI=1S/C16H14F3NOS/c1-10(13-4-2-3-5-14(13)17)20-15(21)11-6-8-12(9-7-11)22-16(18)19/h2-10,16H,1H3,(H,20,21). The quantitative estimate of drug-likeness (QED) is 0.812. The Hall–Kier alpha value is -1.95. The van der Waals surface area contributed by atoms with Crippen LogP contribution in [0.4, 0.5) is 13.2 Å². The lowest BCUT2D eigenvalue weighted by molar-refractivity contribution is 0.0939. The van der Waals surface area contributed by atoms with Crippen molar-refractivity contribution in [2.24, 2.45) is 0 Å². The van der Waals surface area contributed by atoms with Crippen molar-refractivity contribution in [1.29, 1.82) is 0 Å². The minimum atomic E-state index is -2.50. The molecule has 0 saturated carbocycles. The second kappa shape index (κ2) is 7.35. The summed E-state index contributed by atoms with van der Waals surface area (Å²) in [6, 6.07) is 11.5. The van der Waals surface area contributed by atoms with Gasteiger partial charge < -0.3 is 5.32 Å². The molecule has 0 heterocycles. The molecular weight excluding hydrogens is 311 g/mol. The molecule has 0 radical (unpaired) electrons. The van der Waals surface area contributed by atoms with Gasteiger partial charge in [0.25, 0.3) is 11.7 Å². The normalized spacial score (nSPS) is 12.2. The maximum Gasteiger partial charge on any atom is 0.288 e. The summed E-state index contributed by atoms with van der Waals surface area (Å²) in [5.41, 5.74) is 0.725. The first kappa shape index (κ1) is 16.4. The Morgan fingerprint density at radius 1 is 1.09 bits per heavy atom. The van der Waals surface area contributed by atoms with Gasteiger partial charge in [-0.15, -0.1) is 0 Å². The Kier molecular flexibility index (Phi) is 5.49. The van der Waals surface area contributed by atoms with Gasteiger partial charge >= 0.3 is 0 Å². The predicted molar refractivity (Wildman–Crippen MR) is 80.6 cm³/mol. The highest BCUT2D eigenvalue weighted by atomic mass is 32.2. The second-order valence-corrected chi connectivity index (χ2v) is 5.68. The van der Waals surface area contributed by atoms with E-state index in [-0.39, 0.29) is 11.7 Å². The zero-order valence-corrected chi connectivity index (χ0v) is 12.5. The van der Waals surface area contributed by atoms with Crippen LogP contribution in [0.3, 0.4) is 0 Å². The monoisotopic (exact) mass is 325 g/mol. The van der Waals surface area contributed by atoms with Crippen LogP contribution in [0.1, 0.15) is 28.9 Å². The molecule has 0 aliphatic rings. The Morgan fingerprint density at radius 2 is 1.73 bits per heavy atom. The summed E-state index contributed by atoms with van der Waals surface area (Å²) < 4.78 is 38.1. The van der Waals surface area contributed by atoms with E-state index >= 15 is 0 Å². The summed E-state index contributed by atoms with van der Waals surface area (Å²) in [7, 11) is 0. The number of carbonyl (C=O) groups is 1. The third-order valence-electron chi connectivity index (χ3n) is 3.06. The zero-order chi connectivity index (χ0) is 16.1. The van der Waals surface area contributed by atoms with E-state index in [0.29, 0.717) is 27.8 Å². The lowest BCUT2D eigenvalue weighted by Gasteiger charge is -2.15. The number of benzene rings is 2. The van der Waals surface area contributed by atoms with Crippen LogP contribution in [0, 0.1) is 5.82 Å². The molecule has 0 aliphatic heterocycles. The first-order chi connectivity index (χ1) is 10.5. The topological polar surface area (TPSA) is 29.1 Å². The van der Waals surface area contributed by atoms with Crippen LogP contribution in [0.5, 0.6) is 0 Å². The molecule has 1 amide bonds. The fraction of sp³-hybridized carbons (Fsp3) is 0.188. The number of thioether (sulfide) groups is 1. The molecular formula is C16H14F3NOS. The van der Waals surface area contributed by atoms with Crippen molar-refractivity contribution < 1.29 is 18.0 Å². The SMILES string of the molecule is CC(NC(=O)c1ccc(SC(F)F)cc1)c1ccccc1F. The smallest absolute Gasteiger partial charge is 0.288 e.